The van der Waals surface area contributed by atoms with Crippen molar-refractivity contribution < 1.29 is 14.3 Å². The summed E-state index contributed by atoms with van der Waals surface area (Å²) in [5.74, 6) is -0.610. The Kier molecular flexibility index (Phi) is 7.69. The molecule has 0 saturated heterocycles. The van der Waals surface area contributed by atoms with Gasteiger partial charge in [-0.1, -0.05) is 24.4 Å². The topological polar surface area (TPSA) is 90.3 Å². The Morgan fingerprint density at radius 1 is 1.14 bits per heavy atom. The second-order valence-corrected chi connectivity index (χ2v) is 12.1. The average molecular weight is 556 g/mol. The highest BCUT2D eigenvalue weighted by molar-refractivity contribution is 7.99. The van der Waals surface area contributed by atoms with Gasteiger partial charge in [-0.2, -0.15) is 0 Å². The number of aryl methyl sites for hydroxylation is 3. The summed E-state index contributed by atoms with van der Waals surface area (Å²) >= 11 is 4.25. The molecule has 0 spiro atoms. The lowest BCUT2D eigenvalue weighted by Crippen LogP contribution is -2.23. The van der Waals surface area contributed by atoms with Crippen LogP contribution in [0.15, 0.2) is 28.7 Å². The lowest BCUT2D eigenvalue weighted by molar-refractivity contribution is -0.113. The molecule has 0 saturated carbocycles. The number of fused-ring (bicyclic) bond motifs is 4. The van der Waals surface area contributed by atoms with Gasteiger partial charge in [0.2, 0.25) is 5.91 Å². The molecule has 0 aliphatic heterocycles. The molecule has 0 atom stereocenters. The van der Waals surface area contributed by atoms with E-state index in [1.807, 2.05) is 13.0 Å². The highest BCUT2D eigenvalue weighted by Crippen LogP contribution is 2.40. The highest BCUT2D eigenvalue weighted by atomic mass is 32.2. The van der Waals surface area contributed by atoms with E-state index in [0.717, 1.165) is 65.8 Å². The fourth-order valence-electron chi connectivity index (χ4n) is 5.05. The molecule has 5 rings (SSSR count). The largest absolute Gasteiger partial charge is 0.462 e. The van der Waals surface area contributed by atoms with E-state index in [1.54, 1.807) is 28.9 Å². The van der Waals surface area contributed by atoms with Crippen LogP contribution < -0.4 is 10.9 Å². The number of carbonyl (C=O) groups is 2. The van der Waals surface area contributed by atoms with Crippen molar-refractivity contribution in [2.75, 3.05) is 17.7 Å². The van der Waals surface area contributed by atoms with Gasteiger partial charge in [-0.3, -0.25) is 14.2 Å². The number of nitrogens with zero attached hydrogens (tertiary/aromatic N) is 2. The van der Waals surface area contributed by atoms with E-state index in [0.29, 0.717) is 26.8 Å². The number of aromatic nitrogens is 2. The van der Waals surface area contributed by atoms with Crippen LogP contribution in [0.1, 0.15) is 64.3 Å². The predicted octanol–water partition coefficient (Wildman–Crippen LogP) is 5.84. The van der Waals surface area contributed by atoms with E-state index in [-0.39, 0.29) is 23.8 Å². The van der Waals surface area contributed by atoms with Crippen molar-refractivity contribution in [1.82, 2.24) is 9.55 Å². The Morgan fingerprint density at radius 3 is 2.62 bits per heavy atom. The van der Waals surface area contributed by atoms with Crippen LogP contribution >= 0.6 is 34.4 Å². The number of anilines is 1. The summed E-state index contributed by atoms with van der Waals surface area (Å²) in [7, 11) is 0. The summed E-state index contributed by atoms with van der Waals surface area (Å²) in [5, 5.41) is 4.62. The molecule has 0 bridgehead atoms. The summed E-state index contributed by atoms with van der Waals surface area (Å²) in [4.78, 5) is 47.4. The Hall–Kier alpha value is -2.69. The van der Waals surface area contributed by atoms with Crippen molar-refractivity contribution in [2.24, 2.45) is 0 Å². The first-order valence-corrected chi connectivity index (χ1v) is 15.2. The third kappa shape index (κ3) is 4.82. The summed E-state index contributed by atoms with van der Waals surface area (Å²) in [6, 6.07) is 0. The van der Waals surface area contributed by atoms with E-state index >= 15 is 0 Å². The molecule has 3 heterocycles. The third-order valence-corrected chi connectivity index (χ3v) is 10.0. The standard InChI is InChI=1S/C27H29N3O4S3/c1-4-15(5-2)30-25(32)21-16-10-7-8-12-18(16)36-23(21)29-27(30)35-14-20(31)28-24-22(26(33)34-6-3)17-11-9-13-19(17)37-24/h4-5H,1,6-14H2,2-3H3,(H,28,31)/b15-5+. The van der Waals surface area contributed by atoms with Crippen molar-refractivity contribution >= 4 is 67.2 Å². The van der Waals surface area contributed by atoms with E-state index in [9.17, 15) is 14.4 Å². The highest BCUT2D eigenvalue weighted by Gasteiger charge is 2.29. The van der Waals surface area contributed by atoms with E-state index in [4.69, 9.17) is 9.72 Å². The van der Waals surface area contributed by atoms with E-state index in [1.165, 1.54) is 28.0 Å². The molecule has 1 N–H and O–H groups in total. The number of esters is 1. The number of rotatable bonds is 8. The molecule has 0 unspecified atom stereocenters. The van der Waals surface area contributed by atoms with Crippen molar-refractivity contribution in [3.63, 3.8) is 0 Å². The maximum absolute atomic E-state index is 13.7. The van der Waals surface area contributed by atoms with Crippen molar-refractivity contribution in [3.8, 4) is 0 Å². The maximum atomic E-state index is 13.7. The SMILES string of the molecule is C=C/C(=C\C)n1c(SCC(=O)Nc2sc3c(c2C(=O)OCC)CCC3)nc2sc3c(c2c1=O)CCCC3. The number of amides is 1. The third-order valence-electron chi connectivity index (χ3n) is 6.71. The number of hydrogen-bond donors (Lipinski definition) is 1. The minimum Gasteiger partial charge on any atom is -0.462 e. The molecule has 194 valence electrons. The average Bonchev–Trinajstić information content (AvgIpc) is 3.57. The fraction of sp³-hybridized carbons (Fsp3) is 0.407. The monoisotopic (exact) mass is 555 g/mol. The summed E-state index contributed by atoms with van der Waals surface area (Å²) in [6.07, 6.45) is 10.3. The Labute approximate surface area is 227 Å². The molecular weight excluding hydrogens is 527 g/mol. The van der Waals surface area contributed by atoms with Crippen molar-refractivity contribution in [2.45, 2.75) is 63.9 Å². The number of thioether (sulfide) groups is 1. The Bertz CT molecular complexity index is 1490. The first kappa shape index (κ1) is 25.9. The molecule has 3 aromatic heterocycles. The van der Waals surface area contributed by atoms with Crippen LogP contribution in [0.25, 0.3) is 15.9 Å². The molecule has 0 aromatic carbocycles. The lowest BCUT2D eigenvalue weighted by atomic mass is 9.97. The van der Waals surface area contributed by atoms with Crippen LogP contribution in [-0.4, -0.2) is 33.8 Å². The molecule has 10 heteroatoms. The Balaban J connectivity index is 1.44. The van der Waals surface area contributed by atoms with Gasteiger partial charge in [0.05, 0.1) is 23.3 Å². The molecule has 0 radical (unpaired) electrons. The number of ether oxygens (including phenoxy) is 1. The second-order valence-electron chi connectivity index (χ2n) is 8.96. The normalized spacial score (nSPS) is 14.9. The molecule has 3 aromatic rings. The summed E-state index contributed by atoms with van der Waals surface area (Å²) < 4.78 is 6.84. The van der Waals surface area contributed by atoms with Gasteiger partial charge < -0.3 is 10.1 Å². The number of allylic oxidation sites excluding steroid dienone is 3. The number of carbonyl (C=O) groups excluding carboxylic acids is 2. The molecule has 2 aliphatic carbocycles. The van der Waals surface area contributed by atoms with Gasteiger partial charge in [-0.25, -0.2) is 9.78 Å². The molecule has 0 fully saturated rings. The maximum Gasteiger partial charge on any atom is 0.341 e. The van der Waals surface area contributed by atoms with Gasteiger partial charge in [0.15, 0.2) is 5.16 Å². The zero-order chi connectivity index (χ0) is 26.1. The second kappa shape index (κ2) is 11.0. The van der Waals surface area contributed by atoms with Crippen molar-refractivity contribution in [3.05, 3.63) is 55.5 Å². The smallest absolute Gasteiger partial charge is 0.341 e. The van der Waals surface area contributed by atoms with Gasteiger partial charge in [0.1, 0.15) is 9.83 Å². The van der Waals surface area contributed by atoms with Crippen molar-refractivity contribution in [1.29, 1.82) is 0 Å². The lowest BCUT2D eigenvalue weighted by Gasteiger charge is -2.14. The fourth-order valence-corrected chi connectivity index (χ4v) is 8.46. The first-order valence-electron chi connectivity index (χ1n) is 12.6. The summed E-state index contributed by atoms with van der Waals surface area (Å²) in [6.45, 7) is 7.78. The van der Waals surface area contributed by atoms with Gasteiger partial charge in [-0.15, -0.1) is 22.7 Å². The van der Waals surface area contributed by atoms with Crippen LogP contribution in [0.3, 0.4) is 0 Å². The zero-order valence-corrected chi connectivity index (χ0v) is 23.4. The summed E-state index contributed by atoms with van der Waals surface area (Å²) in [5.41, 5.74) is 3.14. The molecular formula is C27H29N3O4S3. The molecule has 7 nitrogen and oxygen atoms in total. The predicted molar refractivity (Wildman–Crippen MR) is 152 cm³/mol. The minimum atomic E-state index is -0.392. The number of nitrogens with one attached hydrogen (secondary N) is 1. The molecule has 2 aliphatic rings. The quantitative estimate of drug-likeness (QED) is 0.163. The van der Waals surface area contributed by atoms with Crippen LogP contribution in [0.2, 0.25) is 0 Å². The van der Waals surface area contributed by atoms with Crippen LogP contribution in [-0.2, 0) is 35.2 Å². The Morgan fingerprint density at radius 2 is 1.86 bits per heavy atom. The van der Waals surface area contributed by atoms with Gasteiger partial charge in [-0.05, 0) is 76.0 Å². The van der Waals surface area contributed by atoms with E-state index < -0.39 is 5.97 Å². The number of hydrogen-bond acceptors (Lipinski definition) is 8. The van der Waals surface area contributed by atoms with Gasteiger partial charge >= 0.3 is 5.97 Å². The molecule has 1 amide bonds. The zero-order valence-electron chi connectivity index (χ0n) is 21.0. The minimum absolute atomic E-state index is 0.0437. The van der Waals surface area contributed by atoms with Crippen LogP contribution in [0.5, 0.6) is 0 Å². The van der Waals surface area contributed by atoms with Gasteiger partial charge in [0.25, 0.3) is 5.56 Å². The van der Waals surface area contributed by atoms with Crippen LogP contribution in [0.4, 0.5) is 5.00 Å². The first-order chi connectivity index (χ1) is 18.0. The van der Waals surface area contributed by atoms with Crippen LogP contribution in [0, 0.1) is 0 Å². The van der Waals surface area contributed by atoms with E-state index in [2.05, 4.69) is 11.9 Å². The molecule has 37 heavy (non-hydrogen) atoms. The number of thiophene rings is 2. The van der Waals surface area contributed by atoms with Gasteiger partial charge in [0, 0.05) is 15.5 Å².